The fraction of sp³-hybridized carbons (Fsp3) is 0.789. The predicted octanol–water partition coefficient (Wildman–Crippen LogP) is -0.837. The molecule has 1 unspecified atom stereocenters. The second-order valence-electron chi connectivity index (χ2n) is 7.86. The van der Waals surface area contributed by atoms with Crippen molar-refractivity contribution in [3.8, 4) is 0 Å². The Labute approximate surface area is 185 Å². The van der Waals surface area contributed by atoms with E-state index in [-0.39, 0.29) is 18.9 Å². The van der Waals surface area contributed by atoms with Gasteiger partial charge in [0.2, 0.25) is 17.7 Å². The van der Waals surface area contributed by atoms with Gasteiger partial charge in [-0.15, -0.1) is 0 Å². The maximum atomic E-state index is 12.5. The second-order valence-corrected chi connectivity index (χ2v) is 7.86. The molecule has 3 atom stereocenters. The minimum Gasteiger partial charge on any atom is -0.480 e. The summed E-state index contributed by atoms with van der Waals surface area (Å²) in [6.07, 6.45) is 0.185. The number of carboxylic acids is 1. The number of hydrogen-bond donors (Lipinski definition) is 4. The molecule has 1 heterocycles. The minimum atomic E-state index is -3.16. The van der Waals surface area contributed by atoms with Crippen molar-refractivity contribution in [2.75, 3.05) is 39.5 Å². The van der Waals surface area contributed by atoms with Crippen molar-refractivity contribution in [2.45, 2.75) is 51.9 Å². The van der Waals surface area contributed by atoms with Crippen molar-refractivity contribution in [3.63, 3.8) is 0 Å². The first-order chi connectivity index (χ1) is 15.0. The van der Waals surface area contributed by atoms with Gasteiger partial charge in [-0.05, 0) is 19.3 Å². The van der Waals surface area contributed by atoms with Gasteiger partial charge in [-0.2, -0.15) is 8.78 Å². The summed E-state index contributed by atoms with van der Waals surface area (Å²) in [5.74, 6) is -3.48. The molecular weight excluding hydrogens is 434 g/mol. The summed E-state index contributed by atoms with van der Waals surface area (Å²) in [6.45, 7) is 2.79. The lowest BCUT2D eigenvalue weighted by Crippen LogP contribution is -2.57. The van der Waals surface area contributed by atoms with Crippen LogP contribution >= 0.6 is 0 Å². The summed E-state index contributed by atoms with van der Waals surface area (Å²) < 4.78 is 34.3. The number of carbonyl (C=O) groups is 4. The number of alkyl halides is 2. The molecule has 32 heavy (non-hydrogen) atoms. The molecule has 3 amide bonds. The molecule has 0 aromatic carbocycles. The summed E-state index contributed by atoms with van der Waals surface area (Å²) in [5, 5.41) is 16.2. The lowest BCUT2D eigenvalue weighted by Gasteiger charge is -2.27. The van der Waals surface area contributed by atoms with Crippen molar-refractivity contribution in [3.05, 3.63) is 0 Å². The molecular formula is C19H32F2N4O7. The van der Waals surface area contributed by atoms with E-state index in [0.717, 1.165) is 0 Å². The molecule has 11 nitrogen and oxygen atoms in total. The third kappa shape index (κ3) is 10.8. The Hall–Kier alpha value is -2.38. The van der Waals surface area contributed by atoms with E-state index in [1.807, 2.05) is 0 Å². The average molecular weight is 466 g/mol. The van der Waals surface area contributed by atoms with E-state index >= 15 is 0 Å². The molecule has 1 rings (SSSR count). The van der Waals surface area contributed by atoms with Crippen LogP contribution in [0.4, 0.5) is 8.78 Å². The maximum absolute atomic E-state index is 12.5. The summed E-state index contributed by atoms with van der Waals surface area (Å²) in [4.78, 5) is 50.2. The molecule has 1 saturated heterocycles. The van der Waals surface area contributed by atoms with Crippen molar-refractivity contribution >= 4 is 23.7 Å². The molecule has 184 valence electrons. The van der Waals surface area contributed by atoms with E-state index in [1.54, 1.807) is 18.7 Å². The predicted molar refractivity (Wildman–Crippen MR) is 108 cm³/mol. The molecule has 0 saturated carbocycles. The highest BCUT2D eigenvalue weighted by Crippen LogP contribution is 2.05. The molecule has 1 aliphatic rings. The van der Waals surface area contributed by atoms with Crippen LogP contribution in [0.5, 0.6) is 0 Å². The molecule has 0 bridgehead atoms. The Morgan fingerprint density at radius 3 is 2.16 bits per heavy atom. The molecule has 1 fully saturated rings. The largest absolute Gasteiger partial charge is 0.480 e. The number of carboxylic acid groups (broad SMARTS) is 1. The van der Waals surface area contributed by atoms with Gasteiger partial charge in [-0.3, -0.25) is 19.3 Å². The van der Waals surface area contributed by atoms with E-state index in [4.69, 9.17) is 4.74 Å². The number of amides is 3. The standard InChI is InChI=1S/C19H32F2N4O7/c1-11(2)8-13(18(29)30)24-16(27)12(3)22-17(28)14(10-32-19(20)21)23-15(26)9-25-4-6-31-7-5-25/h11-14,19H,4-10H2,1-3H3,(H,22,28)(H,23,26)(H,24,27)(H,29,30)/t12?,13-,14-/m0/s1. The summed E-state index contributed by atoms with van der Waals surface area (Å²) in [6, 6.07) is -3.80. The molecule has 0 aliphatic carbocycles. The average Bonchev–Trinajstić information content (AvgIpc) is 2.70. The van der Waals surface area contributed by atoms with Gasteiger partial charge in [-0.25, -0.2) is 4.79 Å². The Balaban J connectivity index is 2.69. The van der Waals surface area contributed by atoms with Crippen molar-refractivity contribution < 1.29 is 42.5 Å². The van der Waals surface area contributed by atoms with Crippen LogP contribution in [0.2, 0.25) is 0 Å². The van der Waals surface area contributed by atoms with E-state index in [1.165, 1.54) is 6.92 Å². The highest BCUT2D eigenvalue weighted by Gasteiger charge is 2.29. The quantitative estimate of drug-likeness (QED) is 0.275. The molecule has 1 aliphatic heterocycles. The molecule has 0 spiro atoms. The van der Waals surface area contributed by atoms with Gasteiger partial charge in [0.15, 0.2) is 0 Å². The van der Waals surface area contributed by atoms with Gasteiger partial charge < -0.3 is 30.5 Å². The Kier molecular flexibility index (Phi) is 12.0. The fourth-order valence-electron chi connectivity index (χ4n) is 2.92. The summed E-state index contributed by atoms with van der Waals surface area (Å²) in [7, 11) is 0. The number of halogens is 2. The Morgan fingerprint density at radius 1 is 1.00 bits per heavy atom. The molecule has 0 aromatic heterocycles. The number of ether oxygens (including phenoxy) is 2. The fourth-order valence-corrected chi connectivity index (χ4v) is 2.92. The normalized spacial score (nSPS) is 17.5. The van der Waals surface area contributed by atoms with Gasteiger partial charge >= 0.3 is 12.6 Å². The van der Waals surface area contributed by atoms with Crippen LogP contribution in [-0.4, -0.2) is 97.9 Å². The third-order valence-corrected chi connectivity index (χ3v) is 4.59. The van der Waals surface area contributed by atoms with Crippen LogP contribution in [0.1, 0.15) is 27.2 Å². The number of rotatable bonds is 13. The highest BCUT2D eigenvalue weighted by molar-refractivity contribution is 5.93. The highest BCUT2D eigenvalue weighted by atomic mass is 19.3. The van der Waals surface area contributed by atoms with E-state index < -0.39 is 55.0 Å². The lowest BCUT2D eigenvalue weighted by molar-refractivity contribution is -0.148. The summed E-state index contributed by atoms with van der Waals surface area (Å²) >= 11 is 0. The van der Waals surface area contributed by atoms with Gasteiger partial charge in [-0.1, -0.05) is 13.8 Å². The SMILES string of the molecule is CC(C)C[C@H](NC(=O)C(C)NC(=O)[C@H](COC(F)F)NC(=O)CN1CCOCC1)C(=O)O. The number of aliphatic carboxylic acids is 1. The lowest BCUT2D eigenvalue weighted by atomic mass is 10.0. The summed E-state index contributed by atoms with van der Waals surface area (Å²) in [5.41, 5.74) is 0. The van der Waals surface area contributed by atoms with Crippen LogP contribution in [0, 0.1) is 5.92 Å². The molecule has 13 heteroatoms. The number of nitrogens with zero attached hydrogens (tertiary/aromatic N) is 1. The van der Waals surface area contributed by atoms with Crippen LogP contribution < -0.4 is 16.0 Å². The third-order valence-electron chi connectivity index (χ3n) is 4.59. The smallest absolute Gasteiger partial charge is 0.345 e. The first-order valence-electron chi connectivity index (χ1n) is 10.3. The molecule has 4 N–H and O–H groups in total. The van der Waals surface area contributed by atoms with Gasteiger partial charge in [0.1, 0.15) is 18.1 Å². The number of hydrogen-bond acceptors (Lipinski definition) is 7. The van der Waals surface area contributed by atoms with Crippen molar-refractivity contribution in [2.24, 2.45) is 5.92 Å². The second kappa shape index (κ2) is 13.9. The maximum Gasteiger partial charge on any atom is 0.345 e. The zero-order valence-electron chi connectivity index (χ0n) is 18.4. The monoisotopic (exact) mass is 466 g/mol. The molecule has 0 radical (unpaired) electrons. The first kappa shape index (κ1) is 27.7. The zero-order chi connectivity index (χ0) is 24.3. The van der Waals surface area contributed by atoms with Gasteiger partial charge in [0, 0.05) is 13.1 Å². The number of morpholine rings is 1. The van der Waals surface area contributed by atoms with Gasteiger partial charge in [0.25, 0.3) is 0 Å². The Morgan fingerprint density at radius 2 is 1.62 bits per heavy atom. The first-order valence-corrected chi connectivity index (χ1v) is 10.3. The van der Waals surface area contributed by atoms with E-state index in [2.05, 4.69) is 20.7 Å². The topological polar surface area (TPSA) is 146 Å². The number of carbonyl (C=O) groups excluding carboxylic acids is 3. The zero-order valence-corrected chi connectivity index (χ0v) is 18.4. The van der Waals surface area contributed by atoms with Crippen molar-refractivity contribution in [1.29, 1.82) is 0 Å². The van der Waals surface area contributed by atoms with E-state index in [0.29, 0.717) is 26.3 Å². The van der Waals surface area contributed by atoms with Crippen LogP contribution in [0.3, 0.4) is 0 Å². The van der Waals surface area contributed by atoms with Crippen molar-refractivity contribution in [1.82, 2.24) is 20.9 Å². The van der Waals surface area contributed by atoms with Crippen LogP contribution in [0.15, 0.2) is 0 Å². The minimum absolute atomic E-state index is 0.00106. The molecule has 0 aromatic rings. The Bertz CT molecular complexity index is 645. The van der Waals surface area contributed by atoms with Crippen LogP contribution in [0.25, 0.3) is 0 Å². The van der Waals surface area contributed by atoms with E-state index in [9.17, 15) is 33.1 Å². The van der Waals surface area contributed by atoms with Crippen LogP contribution in [-0.2, 0) is 28.7 Å². The van der Waals surface area contributed by atoms with Gasteiger partial charge in [0.05, 0.1) is 26.4 Å². The number of nitrogens with one attached hydrogen (secondary N) is 3.